The number of hydrogen-bond acceptors (Lipinski definition) is 4. The third-order valence-corrected chi connectivity index (χ3v) is 3.15. The van der Waals surface area contributed by atoms with Crippen LogP contribution in [-0.4, -0.2) is 17.3 Å². The second-order valence-electron chi connectivity index (χ2n) is 4.33. The number of ether oxygens (including phenoxy) is 1. The van der Waals surface area contributed by atoms with Gasteiger partial charge in [-0.05, 0) is 12.1 Å². The summed E-state index contributed by atoms with van der Waals surface area (Å²) in [5.41, 5.74) is 6.64. The third-order valence-electron chi connectivity index (χ3n) is 3.15. The average molecular weight is 269 g/mol. The lowest BCUT2D eigenvalue weighted by Gasteiger charge is -2.08. The van der Waals surface area contributed by atoms with Crippen molar-refractivity contribution in [3.63, 3.8) is 0 Å². The second kappa shape index (κ2) is 4.77. The molecule has 3 rings (SSSR count). The molecule has 0 aliphatic carbocycles. The molecule has 2 aromatic carbocycles. The zero-order chi connectivity index (χ0) is 14.1. The van der Waals surface area contributed by atoms with Gasteiger partial charge in [0.25, 0.3) is 0 Å². The Bertz CT molecular complexity index is 789. The molecule has 0 saturated heterocycles. The van der Waals surface area contributed by atoms with Crippen molar-refractivity contribution in [3.05, 3.63) is 48.3 Å². The molecule has 0 fully saturated rings. The summed E-state index contributed by atoms with van der Waals surface area (Å²) in [4.78, 5) is 0. The van der Waals surface area contributed by atoms with Crippen molar-refractivity contribution < 1.29 is 9.13 Å². The normalized spacial score (nSPS) is 10.7. The standard InChI is InChI=1S/C15H12FN3O/c1-20-9-6-7-12(13(16)8-9)14-10-4-2-3-5-11(10)15(17)19-18-14/h2-8H,1H3,(H2,17,19). The number of halogens is 1. The fourth-order valence-corrected chi connectivity index (χ4v) is 2.14. The Kier molecular flexibility index (Phi) is 2.95. The van der Waals surface area contributed by atoms with E-state index < -0.39 is 5.82 Å². The van der Waals surface area contributed by atoms with Gasteiger partial charge in [-0.25, -0.2) is 4.39 Å². The molecule has 0 aliphatic rings. The van der Waals surface area contributed by atoms with E-state index in [9.17, 15) is 4.39 Å². The van der Waals surface area contributed by atoms with Crippen molar-refractivity contribution in [1.82, 2.24) is 10.2 Å². The second-order valence-corrected chi connectivity index (χ2v) is 4.33. The quantitative estimate of drug-likeness (QED) is 0.776. The number of fused-ring (bicyclic) bond motifs is 1. The first kappa shape index (κ1) is 12.3. The molecular weight excluding hydrogens is 257 g/mol. The van der Waals surface area contributed by atoms with Crippen molar-refractivity contribution >= 4 is 16.6 Å². The van der Waals surface area contributed by atoms with Gasteiger partial charge >= 0.3 is 0 Å². The number of aromatic nitrogens is 2. The number of anilines is 1. The van der Waals surface area contributed by atoms with Crippen LogP contribution in [0, 0.1) is 5.82 Å². The van der Waals surface area contributed by atoms with E-state index in [-0.39, 0.29) is 0 Å². The van der Waals surface area contributed by atoms with E-state index in [1.807, 2.05) is 24.3 Å². The van der Waals surface area contributed by atoms with E-state index in [0.717, 1.165) is 10.8 Å². The summed E-state index contributed by atoms with van der Waals surface area (Å²) in [6.45, 7) is 0. The van der Waals surface area contributed by atoms with Gasteiger partial charge in [0.1, 0.15) is 17.3 Å². The van der Waals surface area contributed by atoms with Crippen LogP contribution in [0.4, 0.5) is 10.2 Å². The number of hydrogen-bond donors (Lipinski definition) is 1. The lowest BCUT2D eigenvalue weighted by molar-refractivity contribution is 0.411. The first-order valence-corrected chi connectivity index (χ1v) is 6.05. The summed E-state index contributed by atoms with van der Waals surface area (Å²) in [5, 5.41) is 9.46. The predicted molar refractivity (Wildman–Crippen MR) is 75.9 cm³/mol. The van der Waals surface area contributed by atoms with E-state index in [1.165, 1.54) is 13.2 Å². The Morgan fingerprint density at radius 3 is 2.50 bits per heavy atom. The molecule has 0 radical (unpaired) electrons. The third kappa shape index (κ3) is 1.93. The van der Waals surface area contributed by atoms with Crippen LogP contribution in [0.1, 0.15) is 0 Å². The molecule has 0 bridgehead atoms. The van der Waals surface area contributed by atoms with Gasteiger partial charge in [-0.15, -0.1) is 10.2 Å². The topological polar surface area (TPSA) is 61.0 Å². The van der Waals surface area contributed by atoms with Gasteiger partial charge in [0.05, 0.1) is 7.11 Å². The zero-order valence-electron chi connectivity index (χ0n) is 10.8. The van der Waals surface area contributed by atoms with Crippen LogP contribution in [0.3, 0.4) is 0 Å². The van der Waals surface area contributed by atoms with Crippen molar-refractivity contribution in [2.45, 2.75) is 0 Å². The molecule has 5 heteroatoms. The van der Waals surface area contributed by atoms with E-state index in [2.05, 4.69) is 10.2 Å². The highest BCUT2D eigenvalue weighted by atomic mass is 19.1. The minimum atomic E-state index is -0.409. The molecule has 0 amide bonds. The summed E-state index contributed by atoms with van der Waals surface area (Å²) in [7, 11) is 1.49. The fraction of sp³-hybridized carbons (Fsp3) is 0.0667. The Morgan fingerprint density at radius 2 is 1.80 bits per heavy atom. The molecule has 0 saturated carbocycles. The van der Waals surface area contributed by atoms with Crippen LogP contribution in [0.2, 0.25) is 0 Å². The average Bonchev–Trinajstić information content (AvgIpc) is 2.48. The summed E-state index contributed by atoms with van der Waals surface area (Å²) in [6.07, 6.45) is 0. The number of nitrogens with zero attached hydrogens (tertiary/aromatic N) is 2. The molecule has 2 N–H and O–H groups in total. The molecule has 1 heterocycles. The maximum absolute atomic E-state index is 14.2. The molecule has 0 atom stereocenters. The maximum atomic E-state index is 14.2. The van der Waals surface area contributed by atoms with Crippen molar-refractivity contribution in [2.75, 3.05) is 12.8 Å². The summed E-state index contributed by atoms with van der Waals surface area (Å²) < 4.78 is 19.2. The van der Waals surface area contributed by atoms with Crippen LogP contribution in [0.15, 0.2) is 42.5 Å². The first-order valence-electron chi connectivity index (χ1n) is 6.05. The number of benzene rings is 2. The monoisotopic (exact) mass is 269 g/mol. The molecule has 100 valence electrons. The fourth-order valence-electron chi connectivity index (χ4n) is 2.14. The zero-order valence-corrected chi connectivity index (χ0v) is 10.8. The van der Waals surface area contributed by atoms with Gasteiger partial charge in [0, 0.05) is 22.4 Å². The molecule has 4 nitrogen and oxygen atoms in total. The highest BCUT2D eigenvalue weighted by molar-refractivity contribution is 5.99. The minimum absolute atomic E-state index is 0.332. The van der Waals surface area contributed by atoms with E-state index in [4.69, 9.17) is 10.5 Å². The molecule has 20 heavy (non-hydrogen) atoms. The van der Waals surface area contributed by atoms with E-state index in [0.29, 0.717) is 22.8 Å². The van der Waals surface area contributed by atoms with E-state index >= 15 is 0 Å². The van der Waals surface area contributed by atoms with Crippen LogP contribution in [0.25, 0.3) is 22.0 Å². The van der Waals surface area contributed by atoms with Gasteiger partial charge in [-0.2, -0.15) is 0 Å². The predicted octanol–water partition coefficient (Wildman–Crippen LogP) is 3.03. The van der Waals surface area contributed by atoms with Gasteiger partial charge in [-0.3, -0.25) is 0 Å². The number of nitrogen functional groups attached to an aromatic ring is 1. The molecule has 0 unspecified atom stereocenters. The molecular formula is C15H12FN3O. The Morgan fingerprint density at radius 1 is 1.05 bits per heavy atom. The lowest BCUT2D eigenvalue weighted by atomic mass is 10.0. The van der Waals surface area contributed by atoms with Gasteiger partial charge in [0.15, 0.2) is 5.82 Å². The summed E-state index contributed by atoms with van der Waals surface area (Å²) in [5.74, 6) is 0.380. The van der Waals surface area contributed by atoms with Crippen LogP contribution in [0.5, 0.6) is 5.75 Å². The lowest BCUT2D eigenvalue weighted by Crippen LogP contribution is -1.98. The minimum Gasteiger partial charge on any atom is -0.497 e. The van der Waals surface area contributed by atoms with Crippen LogP contribution < -0.4 is 10.5 Å². The smallest absolute Gasteiger partial charge is 0.154 e. The van der Waals surface area contributed by atoms with Crippen LogP contribution >= 0.6 is 0 Å². The highest BCUT2D eigenvalue weighted by Gasteiger charge is 2.13. The molecule has 0 aliphatic heterocycles. The summed E-state index contributed by atoms with van der Waals surface area (Å²) >= 11 is 0. The van der Waals surface area contributed by atoms with Crippen LogP contribution in [-0.2, 0) is 0 Å². The van der Waals surface area contributed by atoms with Gasteiger partial charge < -0.3 is 10.5 Å². The Balaban J connectivity index is 2.27. The molecule has 1 aromatic heterocycles. The van der Waals surface area contributed by atoms with E-state index in [1.54, 1.807) is 12.1 Å². The van der Waals surface area contributed by atoms with Crippen molar-refractivity contribution in [2.24, 2.45) is 0 Å². The van der Waals surface area contributed by atoms with Gasteiger partial charge in [-0.1, -0.05) is 24.3 Å². The Labute approximate surface area is 115 Å². The molecule has 0 spiro atoms. The molecule has 3 aromatic rings. The maximum Gasteiger partial charge on any atom is 0.154 e. The number of rotatable bonds is 2. The largest absolute Gasteiger partial charge is 0.497 e. The first-order chi connectivity index (χ1) is 9.70. The van der Waals surface area contributed by atoms with Gasteiger partial charge in [0.2, 0.25) is 0 Å². The van der Waals surface area contributed by atoms with Crippen molar-refractivity contribution in [3.8, 4) is 17.0 Å². The SMILES string of the molecule is COc1ccc(-c2nnc(N)c3ccccc23)c(F)c1. The van der Waals surface area contributed by atoms with Crippen molar-refractivity contribution in [1.29, 1.82) is 0 Å². The highest BCUT2D eigenvalue weighted by Crippen LogP contribution is 2.31. The number of nitrogens with two attached hydrogens (primary N) is 1. The number of methoxy groups -OCH3 is 1. The summed E-state index contributed by atoms with van der Waals surface area (Å²) in [6, 6.07) is 12.0. The Hall–Kier alpha value is -2.69.